The molecule has 148 valence electrons. The molecule has 1 atom stereocenters. The zero-order valence-corrected chi connectivity index (χ0v) is 16.1. The minimum Gasteiger partial charge on any atom is -0.399 e. The number of ether oxygens (including phenoxy) is 1. The van der Waals surface area contributed by atoms with Crippen molar-refractivity contribution in [1.29, 1.82) is 0 Å². The van der Waals surface area contributed by atoms with Crippen molar-refractivity contribution >= 4 is 38.9 Å². The molecule has 1 fully saturated rings. The SMILES string of the molecule is COCCN(C(=O)C(=O)N(C(C)=O)c1cccc(N)c1)C1CCS(=O)(=O)C1. The number of carbonyl (C=O) groups is 3. The highest BCUT2D eigenvalue weighted by atomic mass is 32.2. The summed E-state index contributed by atoms with van der Waals surface area (Å²) in [6, 6.07) is 5.41. The predicted molar refractivity (Wildman–Crippen MR) is 99.7 cm³/mol. The van der Waals surface area contributed by atoms with Gasteiger partial charge in [-0.3, -0.25) is 14.4 Å². The van der Waals surface area contributed by atoms with E-state index in [1.165, 1.54) is 24.1 Å². The molecule has 1 saturated heterocycles. The number of hydrogen-bond donors (Lipinski definition) is 1. The molecule has 10 heteroatoms. The fraction of sp³-hybridized carbons (Fsp3) is 0.471. The van der Waals surface area contributed by atoms with Crippen LogP contribution in [0.5, 0.6) is 0 Å². The summed E-state index contributed by atoms with van der Waals surface area (Å²) >= 11 is 0. The van der Waals surface area contributed by atoms with Crippen molar-refractivity contribution in [2.24, 2.45) is 0 Å². The van der Waals surface area contributed by atoms with Crippen LogP contribution in [0.15, 0.2) is 24.3 Å². The summed E-state index contributed by atoms with van der Waals surface area (Å²) in [6.45, 7) is 1.34. The highest BCUT2D eigenvalue weighted by molar-refractivity contribution is 7.91. The molecule has 0 bridgehead atoms. The molecular formula is C17H23N3O6S. The van der Waals surface area contributed by atoms with E-state index in [9.17, 15) is 22.8 Å². The first-order chi connectivity index (χ1) is 12.7. The Balaban J connectivity index is 2.31. The van der Waals surface area contributed by atoms with Gasteiger partial charge in [0.2, 0.25) is 5.91 Å². The lowest BCUT2D eigenvalue weighted by atomic mass is 10.2. The standard InChI is InChI=1S/C17H23N3O6S/c1-12(21)20(14-5-3-4-13(18)10-14)17(23)16(22)19(7-8-26-2)15-6-9-27(24,25)11-15/h3-5,10,15H,6-9,11,18H2,1-2H3. The zero-order valence-electron chi connectivity index (χ0n) is 15.3. The van der Waals surface area contributed by atoms with Gasteiger partial charge in [-0.1, -0.05) is 6.07 Å². The van der Waals surface area contributed by atoms with E-state index in [2.05, 4.69) is 0 Å². The number of benzene rings is 1. The summed E-state index contributed by atoms with van der Waals surface area (Å²) in [4.78, 5) is 39.6. The second kappa shape index (κ2) is 8.49. The van der Waals surface area contributed by atoms with Gasteiger partial charge in [0, 0.05) is 32.3 Å². The molecule has 27 heavy (non-hydrogen) atoms. The number of rotatable bonds is 5. The lowest BCUT2D eigenvalue weighted by molar-refractivity contribution is -0.147. The average Bonchev–Trinajstić information content (AvgIpc) is 2.94. The normalized spacial score (nSPS) is 18.1. The highest BCUT2D eigenvalue weighted by Gasteiger charge is 2.39. The first-order valence-electron chi connectivity index (χ1n) is 8.37. The van der Waals surface area contributed by atoms with Gasteiger partial charge in [0.1, 0.15) is 0 Å². The van der Waals surface area contributed by atoms with E-state index in [0.29, 0.717) is 5.69 Å². The molecule has 2 N–H and O–H groups in total. The van der Waals surface area contributed by atoms with Crippen molar-refractivity contribution in [2.75, 3.05) is 42.4 Å². The number of methoxy groups -OCH3 is 1. The molecule has 1 aromatic carbocycles. The molecule has 0 radical (unpaired) electrons. The Morgan fingerprint density at radius 1 is 1.26 bits per heavy atom. The Bertz CT molecular complexity index is 839. The Kier molecular flexibility index (Phi) is 6.55. The van der Waals surface area contributed by atoms with Crippen LogP contribution in [0.2, 0.25) is 0 Å². The molecule has 1 heterocycles. The van der Waals surface area contributed by atoms with Crippen LogP contribution in [-0.2, 0) is 29.0 Å². The van der Waals surface area contributed by atoms with E-state index in [0.717, 1.165) is 11.8 Å². The number of carbonyl (C=O) groups excluding carboxylic acids is 3. The summed E-state index contributed by atoms with van der Waals surface area (Å²) in [6.07, 6.45) is 0.240. The van der Waals surface area contributed by atoms with Crippen LogP contribution < -0.4 is 10.6 Å². The van der Waals surface area contributed by atoms with Crippen LogP contribution in [0.25, 0.3) is 0 Å². The minimum absolute atomic E-state index is 0.0456. The third-order valence-electron chi connectivity index (χ3n) is 4.28. The first-order valence-corrected chi connectivity index (χ1v) is 10.2. The summed E-state index contributed by atoms with van der Waals surface area (Å²) in [5.41, 5.74) is 6.20. The quantitative estimate of drug-likeness (QED) is 0.539. The van der Waals surface area contributed by atoms with Gasteiger partial charge in [-0.2, -0.15) is 0 Å². The van der Waals surface area contributed by atoms with Gasteiger partial charge in [0.25, 0.3) is 0 Å². The molecule has 0 spiro atoms. The van der Waals surface area contributed by atoms with Gasteiger partial charge in [-0.15, -0.1) is 0 Å². The Labute approximate surface area is 158 Å². The summed E-state index contributed by atoms with van der Waals surface area (Å²) < 4.78 is 28.5. The van der Waals surface area contributed by atoms with Gasteiger partial charge in [0.15, 0.2) is 9.84 Å². The molecule has 0 aromatic heterocycles. The fourth-order valence-electron chi connectivity index (χ4n) is 2.99. The van der Waals surface area contributed by atoms with E-state index in [1.807, 2.05) is 0 Å². The van der Waals surface area contributed by atoms with Crippen LogP contribution in [0.4, 0.5) is 11.4 Å². The highest BCUT2D eigenvalue weighted by Crippen LogP contribution is 2.21. The minimum atomic E-state index is -3.26. The van der Waals surface area contributed by atoms with Crippen LogP contribution in [0.3, 0.4) is 0 Å². The maximum atomic E-state index is 12.9. The first kappa shape index (κ1) is 20.8. The number of nitrogens with two attached hydrogens (primary N) is 1. The van der Waals surface area contributed by atoms with Crippen molar-refractivity contribution in [3.8, 4) is 0 Å². The van der Waals surface area contributed by atoms with Gasteiger partial charge in [-0.05, 0) is 24.6 Å². The van der Waals surface area contributed by atoms with Crippen molar-refractivity contribution < 1.29 is 27.5 Å². The molecule has 9 nitrogen and oxygen atoms in total. The maximum Gasteiger partial charge on any atom is 0.323 e. The van der Waals surface area contributed by atoms with E-state index in [-0.39, 0.29) is 36.8 Å². The van der Waals surface area contributed by atoms with Crippen LogP contribution >= 0.6 is 0 Å². The van der Waals surface area contributed by atoms with E-state index in [4.69, 9.17) is 10.5 Å². The van der Waals surface area contributed by atoms with Crippen LogP contribution in [-0.4, -0.2) is 68.8 Å². The molecular weight excluding hydrogens is 374 g/mol. The number of sulfone groups is 1. The Hall–Kier alpha value is -2.46. The van der Waals surface area contributed by atoms with Crippen LogP contribution in [0, 0.1) is 0 Å². The fourth-order valence-corrected chi connectivity index (χ4v) is 4.72. The second-order valence-electron chi connectivity index (χ2n) is 6.30. The van der Waals surface area contributed by atoms with Crippen molar-refractivity contribution in [1.82, 2.24) is 4.90 Å². The Morgan fingerprint density at radius 3 is 2.48 bits per heavy atom. The lowest BCUT2D eigenvalue weighted by Gasteiger charge is -2.29. The number of nitrogen functional groups attached to an aromatic ring is 1. The summed E-state index contributed by atoms with van der Waals surface area (Å²) in [7, 11) is -1.83. The average molecular weight is 397 g/mol. The second-order valence-corrected chi connectivity index (χ2v) is 8.53. The van der Waals surface area contributed by atoms with E-state index in [1.54, 1.807) is 12.1 Å². The molecule has 0 saturated carbocycles. The van der Waals surface area contributed by atoms with Gasteiger partial charge in [-0.25, -0.2) is 13.3 Å². The molecule has 1 aliphatic heterocycles. The number of hydrogen-bond acceptors (Lipinski definition) is 7. The zero-order chi connectivity index (χ0) is 20.2. The molecule has 0 aliphatic carbocycles. The molecule has 1 aliphatic rings. The monoisotopic (exact) mass is 397 g/mol. The van der Waals surface area contributed by atoms with E-state index < -0.39 is 33.6 Å². The van der Waals surface area contributed by atoms with Gasteiger partial charge >= 0.3 is 11.8 Å². The Morgan fingerprint density at radius 2 is 1.96 bits per heavy atom. The lowest BCUT2D eigenvalue weighted by Crippen LogP contribution is -2.52. The number of amides is 3. The third-order valence-corrected chi connectivity index (χ3v) is 6.03. The number of imide groups is 1. The smallest absolute Gasteiger partial charge is 0.323 e. The molecule has 1 aromatic rings. The van der Waals surface area contributed by atoms with Crippen molar-refractivity contribution in [3.05, 3.63) is 24.3 Å². The number of anilines is 2. The van der Waals surface area contributed by atoms with Gasteiger partial charge < -0.3 is 15.4 Å². The largest absolute Gasteiger partial charge is 0.399 e. The van der Waals surface area contributed by atoms with Crippen molar-refractivity contribution in [2.45, 2.75) is 19.4 Å². The molecule has 1 unspecified atom stereocenters. The van der Waals surface area contributed by atoms with Crippen molar-refractivity contribution in [3.63, 3.8) is 0 Å². The van der Waals surface area contributed by atoms with Crippen LogP contribution in [0.1, 0.15) is 13.3 Å². The predicted octanol–water partition coefficient (Wildman–Crippen LogP) is -0.190. The summed E-state index contributed by atoms with van der Waals surface area (Å²) in [5.74, 6) is -2.92. The third kappa shape index (κ3) is 5.04. The maximum absolute atomic E-state index is 12.9. The topological polar surface area (TPSA) is 127 Å². The number of nitrogens with zero attached hydrogens (tertiary/aromatic N) is 2. The molecule has 3 amide bonds. The molecule has 2 rings (SSSR count). The summed E-state index contributed by atoms with van der Waals surface area (Å²) in [5, 5.41) is 0. The van der Waals surface area contributed by atoms with Gasteiger partial charge in [0.05, 0.1) is 23.8 Å². The van der Waals surface area contributed by atoms with E-state index >= 15 is 0 Å².